The number of esters is 1. The molecule has 0 heterocycles. The van der Waals surface area contributed by atoms with Crippen molar-refractivity contribution in [1.82, 2.24) is 10.2 Å². The van der Waals surface area contributed by atoms with Gasteiger partial charge in [-0.25, -0.2) is 0 Å². The second-order valence-corrected chi connectivity index (χ2v) is 6.62. The highest BCUT2D eigenvalue weighted by atomic mass is 16.5. The van der Waals surface area contributed by atoms with E-state index in [4.69, 9.17) is 0 Å². The Hall–Kier alpha value is -1.85. The van der Waals surface area contributed by atoms with Crippen LogP contribution in [0.3, 0.4) is 0 Å². The maximum absolute atomic E-state index is 13.0. The van der Waals surface area contributed by atoms with Crippen molar-refractivity contribution in [3.05, 3.63) is 12.2 Å². The molecule has 0 radical (unpaired) electrons. The maximum Gasteiger partial charge on any atom is 0.325 e. The molecule has 0 aromatic rings. The molecule has 2 aliphatic carbocycles. The molecule has 0 unspecified atom stereocenters. The minimum absolute atomic E-state index is 0.0776. The molecule has 0 saturated heterocycles. The first-order valence-electron chi connectivity index (χ1n) is 8.85. The van der Waals surface area contributed by atoms with Crippen molar-refractivity contribution in [3.8, 4) is 0 Å². The minimum Gasteiger partial charge on any atom is -0.468 e. The monoisotopic (exact) mass is 336 g/mol. The third-order valence-corrected chi connectivity index (χ3v) is 4.98. The first-order valence-corrected chi connectivity index (χ1v) is 8.85. The maximum atomic E-state index is 13.0. The summed E-state index contributed by atoms with van der Waals surface area (Å²) >= 11 is 0. The van der Waals surface area contributed by atoms with Crippen LogP contribution in [-0.2, 0) is 19.1 Å². The molecular formula is C18H28N2O4. The molecule has 4 atom stereocenters. The van der Waals surface area contributed by atoms with Crippen LogP contribution >= 0.6 is 0 Å². The summed E-state index contributed by atoms with van der Waals surface area (Å²) in [5.41, 5.74) is 0. The average molecular weight is 336 g/mol. The summed E-state index contributed by atoms with van der Waals surface area (Å²) in [5, 5.41) is 2.63. The smallest absolute Gasteiger partial charge is 0.325 e. The van der Waals surface area contributed by atoms with Gasteiger partial charge in [0.2, 0.25) is 11.8 Å². The number of hydrogen-bond acceptors (Lipinski definition) is 4. The van der Waals surface area contributed by atoms with E-state index in [0.29, 0.717) is 0 Å². The number of nitrogens with one attached hydrogen (secondary N) is 1. The molecule has 0 spiro atoms. The van der Waals surface area contributed by atoms with Crippen LogP contribution in [0.2, 0.25) is 0 Å². The number of nitrogens with zero attached hydrogens (tertiary/aromatic N) is 1. The van der Waals surface area contributed by atoms with Gasteiger partial charge in [-0.05, 0) is 31.1 Å². The number of rotatable bonds is 8. The van der Waals surface area contributed by atoms with Crippen molar-refractivity contribution in [3.63, 3.8) is 0 Å². The Morgan fingerprint density at radius 2 is 1.67 bits per heavy atom. The molecule has 1 fully saturated rings. The third-order valence-electron chi connectivity index (χ3n) is 4.98. The van der Waals surface area contributed by atoms with Crippen LogP contribution in [-0.4, -0.2) is 49.4 Å². The predicted octanol–water partition coefficient (Wildman–Crippen LogP) is 1.36. The molecule has 6 heteroatoms. The lowest BCUT2D eigenvalue weighted by atomic mass is 9.81. The van der Waals surface area contributed by atoms with E-state index < -0.39 is 5.97 Å². The fourth-order valence-electron chi connectivity index (χ4n) is 3.95. The second kappa shape index (κ2) is 8.31. The van der Waals surface area contributed by atoms with Crippen LogP contribution in [0.25, 0.3) is 0 Å². The van der Waals surface area contributed by atoms with E-state index in [9.17, 15) is 14.4 Å². The molecule has 6 nitrogen and oxygen atoms in total. The molecule has 24 heavy (non-hydrogen) atoms. The lowest BCUT2D eigenvalue weighted by Crippen LogP contribution is -2.47. The molecule has 1 N–H and O–H groups in total. The molecular weight excluding hydrogens is 308 g/mol. The van der Waals surface area contributed by atoms with Crippen LogP contribution in [0.4, 0.5) is 0 Å². The number of allylic oxidation sites excluding steroid dienone is 2. The van der Waals surface area contributed by atoms with Gasteiger partial charge >= 0.3 is 5.97 Å². The number of carbonyl (C=O) groups is 3. The molecule has 0 aromatic heterocycles. The van der Waals surface area contributed by atoms with Gasteiger partial charge in [0, 0.05) is 13.1 Å². The zero-order chi connectivity index (χ0) is 17.7. The fourth-order valence-corrected chi connectivity index (χ4v) is 3.95. The molecule has 0 aromatic carbocycles. The van der Waals surface area contributed by atoms with Gasteiger partial charge in [-0.3, -0.25) is 14.4 Å². The highest BCUT2D eigenvalue weighted by Gasteiger charge is 2.52. The number of methoxy groups -OCH3 is 1. The number of carbonyl (C=O) groups excluding carboxylic acids is 3. The lowest BCUT2D eigenvalue weighted by Gasteiger charge is -2.31. The van der Waals surface area contributed by atoms with Crippen molar-refractivity contribution >= 4 is 17.8 Å². The van der Waals surface area contributed by atoms with Gasteiger partial charge in [0.15, 0.2) is 0 Å². The Kier molecular flexibility index (Phi) is 6.40. The van der Waals surface area contributed by atoms with E-state index in [-0.39, 0.29) is 42.0 Å². The molecule has 2 amide bonds. The highest BCUT2D eigenvalue weighted by molar-refractivity contribution is 5.91. The molecule has 134 valence electrons. The number of fused-ring (bicyclic) bond motifs is 2. The molecule has 2 bridgehead atoms. The van der Waals surface area contributed by atoms with Crippen molar-refractivity contribution in [1.29, 1.82) is 0 Å². The summed E-state index contributed by atoms with van der Waals surface area (Å²) in [6, 6.07) is 0. The molecule has 2 aliphatic rings. The van der Waals surface area contributed by atoms with Gasteiger partial charge in [0.05, 0.1) is 18.9 Å². The fraction of sp³-hybridized carbons (Fsp3) is 0.722. The second-order valence-electron chi connectivity index (χ2n) is 6.62. The van der Waals surface area contributed by atoms with Crippen LogP contribution in [0.15, 0.2) is 12.2 Å². The first kappa shape index (κ1) is 18.5. The van der Waals surface area contributed by atoms with Gasteiger partial charge in [-0.2, -0.15) is 0 Å². The van der Waals surface area contributed by atoms with Crippen LogP contribution < -0.4 is 5.32 Å². The van der Waals surface area contributed by atoms with Gasteiger partial charge in [-0.1, -0.05) is 26.0 Å². The highest BCUT2D eigenvalue weighted by Crippen LogP contribution is 2.48. The Morgan fingerprint density at radius 1 is 1.08 bits per heavy atom. The summed E-state index contributed by atoms with van der Waals surface area (Å²) in [6.45, 7) is 5.40. The number of hydrogen-bond donors (Lipinski definition) is 1. The molecule has 2 rings (SSSR count). The summed E-state index contributed by atoms with van der Waals surface area (Å²) in [4.78, 5) is 38.8. The normalized spacial score (nSPS) is 27.1. The van der Waals surface area contributed by atoms with Crippen molar-refractivity contribution in [2.24, 2.45) is 23.7 Å². The predicted molar refractivity (Wildman–Crippen MR) is 89.9 cm³/mol. The van der Waals surface area contributed by atoms with E-state index in [1.54, 1.807) is 0 Å². The minimum atomic E-state index is -0.483. The quantitative estimate of drug-likeness (QED) is 0.536. The van der Waals surface area contributed by atoms with Crippen molar-refractivity contribution in [2.75, 3.05) is 26.7 Å². The van der Waals surface area contributed by atoms with E-state index in [1.807, 2.05) is 11.0 Å². The Labute approximate surface area is 143 Å². The topological polar surface area (TPSA) is 75.7 Å². The van der Waals surface area contributed by atoms with Gasteiger partial charge in [0.1, 0.15) is 6.54 Å². The number of ether oxygens (including phenoxy) is 1. The molecule has 1 saturated carbocycles. The molecule has 0 aliphatic heterocycles. The van der Waals surface area contributed by atoms with E-state index in [0.717, 1.165) is 32.4 Å². The largest absolute Gasteiger partial charge is 0.468 e. The van der Waals surface area contributed by atoms with Gasteiger partial charge in [-0.15, -0.1) is 0 Å². The van der Waals surface area contributed by atoms with Crippen molar-refractivity contribution < 1.29 is 19.1 Å². The Balaban J connectivity index is 2.11. The van der Waals surface area contributed by atoms with Crippen molar-refractivity contribution in [2.45, 2.75) is 33.1 Å². The Bertz CT molecular complexity index is 511. The SMILES string of the molecule is CCCN(CCC)C(=O)[C@@H]1[C@H](C(=O)NCC(=O)OC)[C@H]2C=C[C@H]1C2. The zero-order valence-corrected chi connectivity index (χ0v) is 14.8. The van der Waals surface area contributed by atoms with Crippen LogP contribution in [0, 0.1) is 23.7 Å². The van der Waals surface area contributed by atoms with E-state index in [1.165, 1.54) is 7.11 Å². The van der Waals surface area contributed by atoms with Gasteiger partial charge in [0.25, 0.3) is 0 Å². The standard InChI is InChI=1S/C18H28N2O4/c1-4-8-20(9-5-2)18(23)16-13-7-6-12(10-13)15(16)17(22)19-11-14(21)24-3/h6-7,12-13,15-16H,4-5,8-11H2,1-3H3,(H,19,22)/t12-,13-,15+,16-/m0/s1. The first-order chi connectivity index (χ1) is 11.5. The summed E-state index contributed by atoms with van der Waals surface area (Å²) in [6.07, 6.45) is 6.77. The Morgan fingerprint density at radius 3 is 2.21 bits per heavy atom. The lowest BCUT2D eigenvalue weighted by molar-refractivity contribution is -0.144. The summed E-state index contributed by atoms with van der Waals surface area (Å²) in [7, 11) is 1.29. The summed E-state index contributed by atoms with van der Waals surface area (Å²) in [5.74, 6) is -1.09. The van der Waals surface area contributed by atoms with Crippen LogP contribution in [0.5, 0.6) is 0 Å². The van der Waals surface area contributed by atoms with E-state index >= 15 is 0 Å². The number of amides is 2. The van der Waals surface area contributed by atoms with Crippen LogP contribution in [0.1, 0.15) is 33.1 Å². The third kappa shape index (κ3) is 3.79. The van der Waals surface area contributed by atoms with Gasteiger partial charge < -0.3 is 15.0 Å². The zero-order valence-electron chi connectivity index (χ0n) is 14.8. The van der Waals surface area contributed by atoms with E-state index in [2.05, 4.69) is 30.0 Å². The average Bonchev–Trinajstić information content (AvgIpc) is 3.19. The summed E-state index contributed by atoms with van der Waals surface area (Å²) < 4.78 is 4.56.